The van der Waals surface area contributed by atoms with E-state index in [0.29, 0.717) is 24.0 Å². The molecule has 1 aliphatic heterocycles. The predicted octanol–water partition coefficient (Wildman–Crippen LogP) is 4.28. The van der Waals surface area contributed by atoms with Crippen molar-refractivity contribution in [3.8, 4) is 28.3 Å². The van der Waals surface area contributed by atoms with Crippen molar-refractivity contribution < 1.29 is 9.13 Å². The first-order valence-corrected chi connectivity index (χ1v) is 10.8. The molecule has 1 saturated carbocycles. The molecule has 4 heterocycles. The molecule has 1 fully saturated rings. The second kappa shape index (κ2) is 7.19. The summed E-state index contributed by atoms with van der Waals surface area (Å²) in [6, 6.07) is 7.08. The molecule has 3 aromatic heterocycles. The number of nitrogen functional groups attached to an aromatic ring is 1. The monoisotopic (exact) mass is 430 g/mol. The molecule has 0 radical (unpaired) electrons. The molecule has 1 aliphatic carbocycles. The van der Waals surface area contributed by atoms with Crippen molar-refractivity contribution in [2.75, 3.05) is 5.73 Å². The van der Waals surface area contributed by atoms with Gasteiger partial charge in [0.25, 0.3) is 0 Å². The third-order valence-corrected chi connectivity index (χ3v) is 6.55. The smallest absolute Gasteiger partial charge is 0.166 e. The summed E-state index contributed by atoms with van der Waals surface area (Å²) in [6.07, 6.45) is 9.72. The van der Waals surface area contributed by atoms with E-state index >= 15 is 0 Å². The summed E-state index contributed by atoms with van der Waals surface area (Å²) < 4.78 is 24.2. The Morgan fingerprint density at radius 2 is 1.84 bits per heavy atom. The molecule has 0 atom stereocenters. The topological polar surface area (TPSA) is 83.8 Å². The molecule has 32 heavy (non-hydrogen) atoms. The van der Waals surface area contributed by atoms with E-state index < -0.39 is 0 Å². The van der Waals surface area contributed by atoms with E-state index in [9.17, 15) is 4.39 Å². The van der Waals surface area contributed by atoms with Crippen LogP contribution in [0.5, 0.6) is 5.75 Å². The molecular formula is C24H23FN6O. The van der Waals surface area contributed by atoms with E-state index in [-0.39, 0.29) is 12.4 Å². The summed E-state index contributed by atoms with van der Waals surface area (Å²) in [6.45, 7) is 0.168. The van der Waals surface area contributed by atoms with Gasteiger partial charge in [-0.05, 0) is 43.5 Å². The number of pyridine rings is 1. The summed E-state index contributed by atoms with van der Waals surface area (Å²) in [7, 11) is 1.90. The summed E-state index contributed by atoms with van der Waals surface area (Å²) in [4.78, 5) is 4.39. The summed E-state index contributed by atoms with van der Waals surface area (Å²) in [5.41, 5.74) is 12.8. The maximum atomic E-state index is 14.1. The van der Waals surface area contributed by atoms with Gasteiger partial charge in [0, 0.05) is 47.5 Å². The maximum absolute atomic E-state index is 14.1. The number of benzene rings is 1. The Bertz CT molecular complexity index is 1340. The van der Waals surface area contributed by atoms with Crippen LogP contribution >= 0.6 is 0 Å². The number of aryl methyl sites for hydroxylation is 1. The number of aromatic nitrogens is 5. The lowest BCUT2D eigenvalue weighted by molar-refractivity contribution is 0.292. The van der Waals surface area contributed by atoms with E-state index in [1.807, 2.05) is 30.2 Å². The van der Waals surface area contributed by atoms with Gasteiger partial charge >= 0.3 is 0 Å². The second-order valence-electron chi connectivity index (χ2n) is 8.56. The van der Waals surface area contributed by atoms with Crippen LogP contribution in [-0.4, -0.2) is 24.5 Å². The molecule has 2 N–H and O–H groups in total. The van der Waals surface area contributed by atoms with Gasteiger partial charge in [-0.2, -0.15) is 10.2 Å². The largest absolute Gasteiger partial charge is 0.485 e. The Hall–Kier alpha value is -3.68. The average molecular weight is 430 g/mol. The van der Waals surface area contributed by atoms with Gasteiger partial charge in [-0.1, -0.05) is 0 Å². The van der Waals surface area contributed by atoms with Crippen LogP contribution in [0, 0.1) is 5.82 Å². The summed E-state index contributed by atoms with van der Waals surface area (Å²) >= 11 is 0. The van der Waals surface area contributed by atoms with Crippen molar-refractivity contribution >= 4 is 5.82 Å². The number of nitrogens with zero attached hydrogens (tertiary/aromatic N) is 5. The molecule has 0 saturated heterocycles. The number of nitrogens with two attached hydrogens (primary N) is 1. The van der Waals surface area contributed by atoms with Gasteiger partial charge in [-0.3, -0.25) is 9.36 Å². The number of fused-ring (bicyclic) bond motifs is 7. The molecular weight excluding hydrogens is 407 g/mol. The maximum Gasteiger partial charge on any atom is 0.166 e. The number of hydrogen-bond acceptors (Lipinski definition) is 5. The van der Waals surface area contributed by atoms with Gasteiger partial charge in [0.05, 0.1) is 29.8 Å². The minimum Gasteiger partial charge on any atom is -0.485 e. The van der Waals surface area contributed by atoms with Crippen molar-refractivity contribution in [3.05, 3.63) is 65.4 Å². The van der Waals surface area contributed by atoms with Gasteiger partial charge in [0.1, 0.15) is 12.4 Å². The van der Waals surface area contributed by atoms with Gasteiger partial charge in [-0.25, -0.2) is 9.37 Å². The summed E-state index contributed by atoms with van der Waals surface area (Å²) in [5, 5.41) is 9.28. The fraction of sp³-hybridized carbons (Fsp3) is 0.292. The third-order valence-electron chi connectivity index (χ3n) is 6.55. The van der Waals surface area contributed by atoms with Crippen LogP contribution < -0.4 is 10.5 Å². The second-order valence-corrected chi connectivity index (χ2v) is 8.56. The lowest BCUT2D eigenvalue weighted by atomic mass is 9.92. The highest BCUT2D eigenvalue weighted by Crippen LogP contribution is 2.40. The number of rotatable bonds is 1. The first-order chi connectivity index (χ1) is 15.6. The Morgan fingerprint density at radius 3 is 2.66 bits per heavy atom. The quantitative estimate of drug-likeness (QED) is 0.487. The normalized spacial score (nSPS) is 15.4. The first-order valence-electron chi connectivity index (χ1n) is 10.8. The molecule has 1 aromatic carbocycles. The minimum atomic E-state index is -0.313. The van der Waals surface area contributed by atoms with Crippen molar-refractivity contribution in [2.24, 2.45) is 7.05 Å². The van der Waals surface area contributed by atoms with Gasteiger partial charge in [-0.15, -0.1) is 0 Å². The zero-order chi connectivity index (χ0) is 21.8. The van der Waals surface area contributed by atoms with E-state index in [0.717, 1.165) is 52.0 Å². The molecule has 2 aliphatic rings. The SMILES string of the molecule is Cn1ncc2c1-c1ccc(F)cc1COc1cc(cnc1N)-c1c(cnn1C1CCC1)C2. The fourth-order valence-corrected chi connectivity index (χ4v) is 4.69. The van der Waals surface area contributed by atoms with Crippen LogP contribution in [0.15, 0.2) is 42.9 Å². The number of halogens is 1. The Kier molecular flexibility index (Phi) is 4.28. The van der Waals surface area contributed by atoms with Crippen LogP contribution in [-0.2, 0) is 20.1 Å². The van der Waals surface area contributed by atoms with Crippen molar-refractivity contribution in [1.82, 2.24) is 24.5 Å². The highest BCUT2D eigenvalue weighted by atomic mass is 19.1. The molecule has 0 unspecified atom stereocenters. The standard InChI is InChI=1S/C24H23FN6O/c1-30-23-15(11-28-30)7-14-12-29-31(19-3-2-4-19)22(14)16-9-21(24(26)27-10-16)32-13-17-8-18(25)5-6-20(17)23/h5-6,8-12,19H,2-4,7,13H2,1H3,(H2,26,27). The molecule has 4 aromatic rings. The molecule has 7 nitrogen and oxygen atoms in total. The summed E-state index contributed by atoms with van der Waals surface area (Å²) in [5.74, 6) is 0.476. The van der Waals surface area contributed by atoms with Crippen LogP contribution in [0.2, 0.25) is 0 Å². The molecule has 162 valence electrons. The van der Waals surface area contributed by atoms with Gasteiger partial charge in [0.15, 0.2) is 11.6 Å². The van der Waals surface area contributed by atoms with Crippen LogP contribution in [0.1, 0.15) is 42.0 Å². The van der Waals surface area contributed by atoms with Crippen molar-refractivity contribution in [3.63, 3.8) is 0 Å². The average Bonchev–Trinajstić information content (AvgIpc) is 3.30. The Labute approximate surface area is 184 Å². The fourth-order valence-electron chi connectivity index (χ4n) is 4.69. The Balaban J connectivity index is 1.60. The molecule has 8 heteroatoms. The lowest BCUT2D eigenvalue weighted by Crippen LogP contribution is -2.19. The highest BCUT2D eigenvalue weighted by molar-refractivity contribution is 5.71. The Morgan fingerprint density at radius 1 is 1.03 bits per heavy atom. The van der Waals surface area contributed by atoms with E-state index in [1.165, 1.54) is 18.6 Å². The molecule has 0 spiro atoms. The van der Waals surface area contributed by atoms with E-state index in [4.69, 9.17) is 15.6 Å². The zero-order valence-electron chi connectivity index (χ0n) is 17.8. The highest BCUT2D eigenvalue weighted by Gasteiger charge is 2.27. The van der Waals surface area contributed by atoms with Crippen molar-refractivity contribution in [2.45, 2.75) is 38.3 Å². The van der Waals surface area contributed by atoms with Crippen molar-refractivity contribution in [1.29, 1.82) is 0 Å². The minimum absolute atomic E-state index is 0.168. The lowest BCUT2D eigenvalue weighted by Gasteiger charge is -2.28. The van der Waals surface area contributed by atoms with E-state index in [1.54, 1.807) is 12.3 Å². The third kappa shape index (κ3) is 2.97. The molecule has 6 rings (SSSR count). The number of anilines is 1. The molecule has 2 bridgehead atoms. The van der Waals surface area contributed by atoms with Gasteiger partial charge in [0.2, 0.25) is 0 Å². The van der Waals surface area contributed by atoms with Crippen LogP contribution in [0.3, 0.4) is 0 Å². The van der Waals surface area contributed by atoms with Crippen LogP contribution in [0.25, 0.3) is 22.5 Å². The van der Waals surface area contributed by atoms with E-state index in [2.05, 4.69) is 14.8 Å². The predicted molar refractivity (Wildman–Crippen MR) is 118 cm³/mol. The zero-order valence-corrected chi connectivity index (χ0v) is 17.8. The first kappa shape index (κ1) is 19.0. The number of ether oxygens (including phenoxy) is 1. The van der Waals surface area contributed by atoms with Gasteiger partial charge < -0.3 is 10.5 Å². The van der Waals surface area contributed by atoms with Crippen LogP contribution in [0.4, 0.5) is 10.2 Å². The number of hydrogen-bond donors (Lipinski definition) is 1. The molecule has 0 amide bonds.